The number of carbonyl (C=O) groups is 2. The molecule has 2 unspecified atom stereocenters. The Bertz CT molecular complexity index is 1100. The standard InChI is InChI=1S/C23H20F3NO4S/c1-12-19(22(29)30-2)20(13-5-7-15(8-6-13)31-23(24,25)26)21-16(27-12)10-14(11-17(21)28)18-4-3-9-32-18/h3-9,14,20,27H,10-11H2,1-2H3. The number of ketones is 1. The third-order valence-corrected chi connectivity index (χ3v) is 6.66. The molecule has 0 fully saturated rings. The van der Waals surface area contributed by atoms with Crippen molar-refractivity contribution in [1.82, 2.24) is 5.32 Å². The maximum Gasteiger partial charge on any atom is 0.573 e. The number of hydrogen-bond acceptors (Lipinski definition) is 6. The zero-order chi connectivity index (χ0) is 23.0. The molecule has 0 saturated carbocycles. The van der Waals surface area contributed by atoms with Gasteiger partial charge in [0.15, 0.2) is 5.78 Å². The number of ether oxygens (including phenoxy) is 2. The van der Waals surface area contributed by atoms with Crippen molar-refractivity contribution in [3.8, 4) is 5.75 Å². The second-order valence-corrected chi connectivity index (χ2v) is 8.62. The third kappa shape index (κ3) is 4.29. The van der Waals surface area contributed by atoms with Crippen LogP contribution in [0.4, 0.5) is 13.2 Å². The van der Waals surface area contributed by atoms with Crippen LogP contribution >= 0.6 is 11.3 Å². The average Bonchev–Trinajstić information content (AvgIpc) is 3.26. The summed E-state index contributed by atoms with van der Waals surface area (Å²) in [4.78, 5) is 27.0. The highest BCUT2D eigenvalue weighted by Gasteiger charge is 2.41. The average molecular weight is 463 g/mol. The highest BCUT2D eigenvalue weighted by Crippen LogP contribution is 2.46. The van der Waals surface area contributed by atoms with Crippen molar-refractivity contribution in [2.24, 2.45) is 0 Å². The molecule has 0 bridgehead atoms. The number of hydrogen-bond donors (Lipinski definition) is 1. The summed E-state index contributed by atoms with van der Waals surface area (Å²) in [5, 5.41) is 5.18. The van der Waals surface area contributed by atoms with E-state index >= 15 is 0 Å². The number of nitrogens with one attached hydrogen (secondary N) is 1. The van der Waals surface area contributed by atoms with Crippen LogP contribution in [0.25, 0.3) is 0 Å². The molecule has 1 aromatic carbocycles. The van der Waals surface area contributed by atoms with Gasteiger partial charge in [0.2, 0.25) is 0 Å². The first kappa shape index (κ1) is 22.1. The Balaban J connectivity index is 1.76. The molecular formula is C23H20F3NO4S. The number of carbonyl (C=O) groups excluding carboxylic acids is 2. The Morgan fingerprint density at radius 3 is 2.47 bits per heavy atom. The lowest BCUT2D eigenvalue weighted by Gasteiger charge is -2.36. The Hall–Kier alpha value is -3.07. The third-order valence-electron chi connectivity index (χ3n) is 5.63. The fourth-order valence-corrected chi connectivity index (χ4v) is 5.17. The molecule has 32 heavy (non-hydrogen) atoms. The van der Waals surface area contributed by atoms with Crippen LogP contribution in [0.5, 0.6) is 5.75 Å². The van der Waals surface area contributed by atoms with E-state index in [1.54, 1.807) is 18.3 Å². The number of alkyl halides is 3. The van der Waals surface area contributed by atoms with E-state index in [2.05, 4.69) is 10.1 Å². The molecule has 2 aromatic rings. The summed E-state index contributed by atoms with van der Waals surface area (Å²) >= 11 is 1.59. The molecule has 4 rings (SSSR count). The minimum Gasteiger partial charge on any atom is -0.466 e. The molecule has 1 aliphatic carbocycles. The number of thiophene rings is 1. The number of methoxy groups -OCH3 is 1. The summed E-state index contributed by atoms with van der Waals surface area (Å²) < 4.78 is 46.5. The number of dihydropyridines is 1. The quantitative estimate of drug-likeness (QED) is 0.633. The van der Waals surface area contributed by atoms with Gasteiger partial charge in [-0.2, -0.15) is 0 Å². The van der Waals surface area contributed by atoms with E-state index in [0.29, 0.717) is 29.7 Å². The largest absolute Gasteiger partial charge is 0.573 e. The van der Waals surface area contributed by atoms with Gasteiger partial charge in [-0.15, -0.1) is 24.5 Å². The molecule has 1 aromatic heterocycles. The van der Waals surface area contributed by atoms with Gasteiger partial charge in [0.25, 0.3) is 0 Å². The Morgan fingerprint density at radius 1 is 1.16 bits per heavy atom. The summed E-state index contributed by atoms with van der Waals surface area (Å²) in [7, 11) is 1.25. The van der Waals surface area contributed by atoms with Crippen LogP contribution in [-0.2, 0) is 14.3 Å². The highest BCUT2D eigenvalue weighted by molar-refractivity contribution is 7.10. The monoisotopic (exact) mass is 463 g/mol. The van der Waals surface area contributed by atoms with Gasteiger partial charge in [-0.05, 0) is 42.5 Å². The van der Waals surface area contributed by atoms with Gasteiger partial charge in [0, 0.05) is 40.1 Å². The number of benzene rings is 1. The van der Waals surface area contributed by atoms with Crippen molar-refractivity contribution in [2.45, 2.75) is 38.0 Å². The SMILES string of the molecule is COC(=O)C1=C(C)NC2=C(C(=O)CC(c3cccs3)C2)C1c1ccc(OC(F)(F)F)cc1. The van der Waals surface area contributed by atoms with E-state index in [9.17, 15) is 22.8 Å². The minimum absolute atomic E-state index is 0.0319. The summed E-state index contributed by atoms with van der Waals surface area (Å²) in [6.07, 6.45) is -3.92. The lowest BCUT2D eigenvalue weighted by atomic mass is 9.72. The van der Waals surface area contributed by atoms with E-state index < -0.39 is 18.2 Å². The van der Waals surface area contributed by atoms with Gasteiger partial charge < -0.3 is 14.8 Å². The van der Waals surface area contributed by atoms with Gasteiger partial charge in [0.05, 0.1) is 12.7 Å². The molecular weight excluding hydrogens is 443 g/mol. The second kappa shape index (κ2) is 8.46. The first-order chi connectivity index (χ1) is 15.2. The maximum absolute atomic E-state index is 13.3. The molecule has 2 atom stereocenters. The molecule has 0 radical (unpaired) electrons. The first-order valence-electron chi connectivity index (χ1n) is 9.89. The molecule has 0 saturated heterocycles. The zero-order valence-corrected chi connectivity index (χ0v) is 18.1. The van der Waals surface area contributed by atoms with Gasteiger partial charge in [-0.3, -0.25) is 4.79 Å². The molecule has 1 N–H and O–H groups in total. The summed E-state index contributed by atoms with van der Waals surface area (Å²) in [5.41, 5.74) is 2.50. The second-order valence-electron chi connectivity index (χ2n) is 7.64. The Morgan fingerprint density at radius 2 is 1.88 bits per heavy atom. The van der Waals surface area contributed by atoms with Crippen LogP contribution in [0, 0.1) is 0 Å². The predicted molar refractivity (Wildman–Crippen MR) is 112 cm³/mol. The van der Waals surface area contributed by atoms with Gasteiger partial charge in [-0.25, -0.2) is 4.79 Å². The normalized spacial score (nSPS) is 21.2. The van der Waals surface area contributed by atoms with Crippen molar-refractivity contribution in [2.75, 3.05) is 7.11 Å². The van der Waals surface area contributed by atoms with Crippen LogP contribution in [0.2, 0.25) is 0 Å². The van der Waals surface area contributed by atoms with Crippen LogP contribution in [0.3, 0.4) is 0 Å². The molecule has 1 aliphatic heterocycles. The molecule has 0 amide bonds. The van der Waals surface area contributed by atoms with Crippen LogP contribution in [0.1, 0.15) is 42.0 Å². The highest BCUT2D eigenvalue weighted by atomic mass is 32.1. The Kier molecular flexibility index (Phi) is 5.85. The van der Waals surface area contributed by atoms with E-state index in [1.807, 2.05) is 17.5 Å². The number of allylic oxidation sites excluding steroid dienone is 3. The predicted octanol–water partition coefficient (Wildman–Crippen LogP) is 5.18. The summed E-state index contributed by atoms with van der Waals surface area (Å²) in [5.74, 6) is -1.79. The number of halogens is 3. The summed E-state index contributed by atoms with van der Waals surface area (Å²) in [6, 6.07) is 9.17. The molecule has 2 aliphatic rings. The molecule has 9 heteroatoms. The van der Waals surface area contributed by atoms with E-state index in [4.69, 9.17) is 4.74 Å². The number of Topliss-reactive ketones (excluding diaryl/α,β-unsaturated/α-hetero) is 1. The molecule has 0 spiro atoms. The first-order valence-corrected chi connectivity index (χ1v) is 10.8. The molecule has 5 nitrogen and oxygen atoms in total. The topological polar surface area (TPSA) is 64.6 Å². The fourth-order valence-electron chi connectivity index (χ4n) is 4.34. The van der Waals surface area contributed by atoms with Crippen molar-refractivity contribution >= 4 is 23.1 Å². The Labute approximate surface area is 186 Å². The van der Waals surface area contributed by atoms with E-state index in [0.717, 1.165) is 10.6 Å². The van der Waals surface area contributed by atoms with Crippen molar-refractivity contribution in [1.29, 1.82) is 0 Å². The van der Waals surface area contributed by atoms with E-state index in [-0.39, 0.29) is 23.0 Å². The van der Waals surface area contributed by atoms with Gasteiger partial charge >= 0.3 is 12.3 Å². The van der Waals surface area contributed by atoms with Gasteiger partial charge in [0.1, 0.15) is 5.75 Å². The molecule has 2 heterocycles. The van der Waals surface area contributed by atoms with Crippen LogP contribution in [-0.4, -0.2) is 25.2 Å². The lowest BCUT2D eigenvalue weighted by molar-refractivity contribution is -0.274. The van der Waals surface area contributed by atoms with E-state index in [1.165, 1.54) is 31.4 Å². The van der Waals surface area contributed by atoms with Crippen molar-refractivity contribution in [3.05, 3.63) is 74.8 Å². The maximum atomic E-state index is 13.3. The van der Waals surface area contributed by atoms with Crippen LogP contribution < -0.4 is 10.1 Å². The molecule has 168 valence electrons. The summed E-state index contributed by atoms with van der Waals surface area (Å²) in [6.45, 7) is 1.73. The fraction of sp³-hybridized carbons (Fsp3) is 0.304. The zero-order valence-electron chi connectivity index (χ0n) is 17.3. The minimum atomic E-state index is -4.81. The van der Waals surface area contributed by atoms with Crippen molar-refractivity contribution < 1.29 is 32.2 Å². The van der Waals surface area contributed by atoms with Crippen molar-refractivity contribution in [3.63, 3.8) is 0 Å². The van der Waals surface area contributed by atoms with Crippen LogP contribution in [0.15, 0.2) is 64.3 Å². The van der Waals surface area contributed by atoms with Gasteiger partial charge in [-0.1, -0.05) is 18.2 Å². The lowest BCUT2D eigenvalue weighted by Crippen LogP contribution is -2.35. The smallest absolute Gasteiger partial charge is 0.466 e. The number of esters is 1. The number of rotatable bonds is 4.